The maximum atomic E-state index is 6.11. The van der Waals surface area contributed by atoms with Gasteiger partial charge < -0.3 is 20.1 Å². The molecule has 1 atom stereocenters. The number of benzene rings is 1. The van der Waals surface area contributed by atoms with Crippen LogP contribution in [0.3, 0.4) is 0 Å². The molecule has 0 fully saturated rings. The van der Waals surface area contributed by atoms with Crippen molar-refractivity contribution in [1.82, 2.24) is 9.97 Å². The molecule has 0 saturated carbocycles. The third-order valence-corrected chi connectivity index (χ3v) is 3.68. The first kappa shape index (κ1) is 17.1. The maximum Gasteiger partial charge on any atom is 0.229 e. The quantitative estimate of drug-likeness (QED) is 0.793. The predicted octanol–water partition coefficient (Wildman–Crippen LogP) is 4.10. The molecule has 0 aliphatic carbocycles. The highest BCUT2D eigenvalue weighted by atomic mass is 35.5. The molecule has 1 heterocycles. The van der Waals surface area contributed by atoms with Crippen LogP contribution in [0, 0.1) is 0 Å². The lowest BCUT2D eigenvalue weighted by Gasteiger charge is -2.15. The molecule has 1 unspecified atom stereocenters. The van der Waals surface area contributed by atoms with Crippen molar-refractivity contribution in [3.05, 3.63) is 29.4 Å². The average molecular weight is 337 g/mol. The number of anilines is 3. The van der Waals surface area contributed by atoms with Gasteiger partial charge in [0.1, 0.15) is 17.3 Å². The molecule has 0 spiro atoms. The summed E-state index contributed by atoms with van der Waals surface area (Å²) in [5, 5.41) is 6.92. The van der Waals surface area contributed by atoms with Crippen LogP contribution >= 0.6 is 11.6 Å². The molecule has 0 saturated heterocycles. The smallest absolute Gasteiger partial charge is 0.229 e. The molecule has 0 bridgehead atoms. The monoisotopic (exact) mass is 336 g/mol. The van der Waals surface area contributed by atoms with E-state index in [1.807, 2.05) is 6.07 Å². The van der Waals surface area contributed by atoms with Gasteiger partial charge in [0.25, 0.3) is 0 Å². The summed E-state index contributed by atoms with van der Waals surface area (Å²) >= 11 is 6.11. The first-order valence-corrected chi connectivity index (χ1v) is 7.73. The minimum absolute atomic E-state index is 0.336. The molecule has 0 amide bonds. The molecule has 2 rings (SSSR count). The van der Waals surface area contributed by atoms with Crippen LogP contribution in [0.25, 0.3) is 0 Å². The highest BCUT2D eigenvalue weighted by Crippen LogP contribution is 2.36. The van der Waals surface area contributed by atoms with E-state index in [2.05, 4.69) is 34.4 Å². The fourth-order valence-electron chi connectivity index (χ4n) is 1.93. The summed E-state index contributed by atoms with van der Waals surface area (Å²) < 4.78 is 10.6. The zero-order valence-corrected chi connectivity index (χ0v) is 14.4. The number of nitrogens with zero attached hydrogens (tertiary/aromatic N) is 2. The molecular weight excluding hydrogens is 316 g/mol. The van der Waals surface area contributed by atoms with Crippen molar-refractivity contribution in [2.45, 2.75) is 26.3 Å². The summed E-state index contributed by atoms with van der Waals surface area (Å²) in [4.78, 5) is 8.68. The molecule has 2 N–H and O–H groups in total. The van der Waals surface area contributed by atoms with Crippen LogP contribution < -0.4 is 20.1 Å². The zero-order chi connectivity index (χ0) is 16.8. The number of ether oxygens (including phenoxy) is 2. The Morgan fingerprint density at radius 1 is 1.22 bits per heavy atom. The van der Waals surface area contributed by atoms with Crippen molar-refractivity contribution in [3.8, 4) is 11.5 Å². The van der Waals surface area contributed by atoms with Crippen LogP contribution in [-0.4, -0.2) is 30.2 Å². The second-order valence-electron chi connectivity index (χ2n) is 5.03. The minimum Gasteiger partial charge on any atom is -0.495 e. The first-order chi connectivity index (χ1) is 11.1. The lowest BCUT2D eigenvalue weighted by molar-refractivity contribution is 0.405. The molecule has 23 heavy (non-hydrogen) atoms. The molecule has 0 aliphatic rings. The van der Waals surface area contributed by atoms with Gasteiger partial charge in [-0.1, -0.05) is 18.5 Å². The normalized spacial score (nSPS) is 11.7. The molecule has 1 aromatic heterocycles. The van der Waals surface area contributed by atoms with Crippen LogP contribution in [0.5, 0.6) is 11.5 Å². The van der Waals surface area contributed by atoms with Crippen molar-refractivity contribution in [3.63, 3.8) is 0 Å². The van der Waals surface area contributed by atoms with E-state index in [9.17, 15) is 0 Å². The summed E-state index contributed by atoms with van der Waals surface area (Å²) in [7, 11) is 3.13. The van der Waals surface area contributed by atoms with Crippen molar-refractivity contribution in [1.29, 1.82) is 0 Å². The van der Waals surface area contributed by atoms with E-state index in [0.29, 0.717) is 34.2 Å². The Hall–Kier alpha value is -2.21. The van der Waals surface area contributed by atoms with Gasteiger partial charge in [-0.05, 0) is 19.4 Å². The Morgan fingerprint density at radius 3 is 2.61 bits per heavy atom. The van der Waals surface area contributed by atoms with Gasteiger partial charge in [-0.25, -0.2) is 4.98 Å². The van der Waals surface area contributed by atoms with Gasteiger partial charge in [-0.3, -0.25) is 0 Å². The third kappa shape index (κ3) is 4.39. The molecular formula is C16H21ClN4O2. The second kappa shape index (κ2) is 7.87. The molecule has 7 heteroatoms. The van der Waals surface area contributed by atoms with Gasteiger partial charge >= 0.3 is 0 Å². The van der Waals surface area contributed by atoms with Gasteiger partial charge in [-0.15, -0.1) is 0 Å². The van der Waals surface area contributed by atoms with Crippen LogP contribution in [0.15, 0.2) is 24.4 Å². The lowest BCUT2D eigenvalue weighted by Crippen LogP contribution is -2.15. The van der Waals surface area contributed by atoms with Gasteiger partial charge in [0.2, 0.25) is 5.95 Å². The summed E-state index contributed by atoms with van der Waals surface area (Å²) in [6.07, 6.45) is 2.70. The Morgan fingerprint density at radius 2 is 1.96 bits per heavy atom. The summed E-state index contributed by atoms with van der Waals surface area (Å²) in [5.41, 5.74) is 0.675. The van der Waals surface area contributed by atoms with Crippen molar-refractivity contribution in [2.75, 3.05) is 24.9 Å². The number of hydrogen-bond acceptors (Lipinski definition) is 6. The number of methoxy groups -OCH3 is 2. The van der Waals surface area contributed by atoms with E-state index in [-0.39, 0.29) is 0 Å². The number of hydrogen-bond donors (Lipinski definition) is 2. The molecule has 0 radical (unpaired) electrons. The average Bonchev–Trinajstić information content (AvgIpc) is 2.56. The van der Waals surface area contributed by atoms with Crippen molar-refractivity contribution in [2.24, 2.45) is 0 Å². The number of rotatable bonds is 7. The molecule has 124 valence electrons. The Kier molecular flexibility index (Phi) is 5.87. The third-order valence-electron chi connectivity index (χ3n) is 3.38. The SMILES string of the molecule is CCC(C)Nc1ccnc(Nc2cc(OC)c(Cl)cc2OC)n1. The Labute approximate surface area is 141 Å². The maximum absolute atomic E-state index is 6.11. The summed E-state index contributed by atoms with van der Waals surface area (Å²) in [6.45, 7) is 4.21. The molecule has 0 aliphatic heterocycles. The molecule has 2 aromatic rings. The summed E-state index contributed by atoms with van der Waals surface area (Å²) in [6, 6.07) is 5.60. The molecule has 6 nitrogen and oxygen atoms in total. The van der Waals surface area contributed by atoms with E-state index in [0.717, 1.165) is 12.2 Å². The lowest BCUT2D eigenvalue weighted by atomic mass is 10.2. The summed E-state index contributed by atoms with van der Waals surface area (Å²) in [5.74, 6) is 2.35. The van der Waals surface area contributed by atoms with E-state index >= 15 is 0 Å². The van der Waals surface area contributed by atoms with Gasteiger partial charge in [-0.2, -0.15) is 4.98 Å². The van der Waals surface area contributed by atoms with Crippen LogP contribution in [0.4, 0.5) is 17.5 Å². The second-order valence-corrected chi connectivity index (χ2v) is 5.44. The number of aromatic nitrogens is 2. The predicted molar refractivity (Wildman–Crippen MR) is 93.2 cm³/mol. The Balaban J connectivity index is 2.26. The fourth-order valence-corrected chi connectivity index (χ4v) is 2.16. The fraction of sp³-hybridized carbons (Fsp3) is 0.375. The van der Waals surface area contributed by atoms with Gasteiger partial charge in [0, 0.05) is 24.4 Å². The minimum atomic E-state index is 0.336. The van der Waals surface area contributed by atoms with Crippen LogP contribution in [-0.2, 0) is 0 Å². The van der Waals surface area contributed by atoms with Gasteiger partial charge in [0.15, 0.2) is 0 Å². The van der Waals surface area contributed by atoms with E-state index in [1.54, 1.807) is 32.5 Å². The highest BCUT2D eigenvalue weighted by molar-refractivity contribution is 6.32. The Bertz CT molecular complexity index is 667. The van der Waals surface area contributed by atoms with Crippen LogP contribution in [0.2, 0.25) is 5.02 Å². The van der Waals surface area contributed by atoms with Gasteiger partial charge in [0.05, 0.1) is 24.9 Å². The standard InChI is InChI=1S/C16H21ClN4O2/c1-5-10(2)19-15-6-7-18-16(21-15)20-12-9-13(22-3)11(17)8-14(12)23-4/h6-10H,5H2,1-4H3,(H2,18,19,20,21). The van der Waals surface area contributed by atoms with E-state index < -0.39 is 0 Å². The largest absolute Gasteiger partial charge is 0.495 e. The van der Waals surface area contributed by atoms with Crippen molar-refractivity contribution < 1.29 is 9.47 Å². The van der Waals surface area contributed by atoms with Crippen LogP contribution in [0.1, 0.15) is 20.3 Å². The first-order valence-electron chi connectivity index (χ1n) is 7.35. The number of halogens is 1. The molecule has 1 aromatic carbocycles. The highest BCUT2D eigenvalue weighted by Gasteiger charge is 2.11. The van der Waals surface area contributed by atoms with Crippen molar-refractivity contribution >= 4 is 29.1 Å². The van der Waals surface area contributed by atoms with E-state index in [1.165, 1.54) is 0 Å². The zero-order valence-electron chi connectivity index (χ0n) is 13.7. The van der Waals surface area contributed by atoms with E-state index in [4.69, 9.17) is 21.1 Å². The topological polar surface area (TPSA) is 68.3 Å². The number of nitrogens with one attached hydrogen (secondary N) is 2.